The Balaban J connectivity index is 1.32. The molecule has 4 atom stereocenters. The molecule has 2 heterocycles. The highest BCUT2D eigenvalue weighted by Gasteiger charge is 2.59. The van der Waals surface area contributed by atoms with E-state index in [1.165, 1.54) is 0 Å². The van der Waals surface area contributed by atoms with E-state index in [9.17, 15) is 9.59 Å². The van der Waals surface area contributed by atoms with Gasteiger partial charge in [-0.15, -0.1) is 0 Å². The molecule has 0 spiro atoms. The molecule has 1 aliphatic heterocycles. The predicted octanol–water partition coefficient (Wildman–Crippen LogP) is 5.14. The Morgan fingerprint density at radius 1 is 0.969 bits per heavy atom. The molecule has 32 heavy (non-hydrogen) atoms. The maximum Gasteiger partial charge on any atom is 0.254 e. The van der Waals surface area contributed by atoms with Crippen molar-refractivity contribution >= 4 is 52.1 Å². The Morgan fingerprint density at radius 3 is 2.41 bits per heavy atom. The van der Waals surface area contributed by atoms with E-state index in [4.69, 9.17) is 23.2 Å². The number of hydrogen-bond donors (Lipinski definition) is 0. The molecule has 2 fully saturated rings. The zero-order valence-electron chi connectivity index (χ0n) is 17.0. The van der Waals surface area contributed by atoms with Gasteiger partial charge in [-0.2, -0.15) is 10.1 Å². The summed E-state index contributed by atoms with van der Waals surface area (Å²) in [5.41, 5.74) is 2.89. The monoisotopic (exact) mass is 463 g/mol. The first kappa shape index (κ1) is 19.8. The molecule has 0 radical (unpaired) electrons. The highest BCUT2D eigenvalue weighted by molar-refractivity contribution is 6.42. The lowest BCUT2D eigenvalue weighted by Gasteiger charge is -2.13. The number of para-hydroxylation sites is 1. The fourth-order valence-electron chi connectivity index (χ4n) is 5.46. The van der Waals surface area contributed by atoms with E-state index in [1.54, 1.807) is 12.3 Å². The molecule has 3 aromatic rings. The minimum absolute atomic E-state index is 0.173. The van der Waals surface area contributed by atoms with Crippen molar-refractivity contribution in [1.29, 1.82) is 0 Å². The third kappa shape index (κ3) is 2.95. The molecule has 2 amide bonds. The van der Waals surface area contributed by atoms with E-state index in [-0.39, 0.29) is 35.5 Å². The largest absolute Gasteiger partial charge is 0.342 e. The van der Waals surface area contributed by atoms with Gasteiger partial charge in [-0.1, -0.05) is 59.6 Å². The molecule has 160 valence electrons. The van der Waals surface area contributed by atoms with E-state index in [2.05, 4.69) is 21.8 Å². The topological polar surface area (TPSA) is 54.7 Å². The number of carbonyl (C=O) groups is 2. The quantitative estimate of drug-likeness (QED) is 0.305. The van der Waals surface area contributed by atoms with Crippen molar-refractivity contribution in [2.75, 3.05) is 0 Å². The average molecular weight is 464 g/mol. The second kappa shape index (κ2) is 7.32. The number of benzene rings is 2. The van der Waals surface area contributed by atoms with Gasteiger partial charge in [0.25, 0.3) is 11.8 Å². The number of nitrogens with zero attached hydrogens (tertiary/aromatic N) is 3. The average Bonchev–Trinajstić information content (AvgIpc) is 3.54. The zero-order chi connectivity index (χ0) is 22.0. The maximum atomic E-state index is 12.9. The molecule has 2 aromatic carbocycles. The van der Waals surface area contributed by atoms with Crippen molar-refractivity contribution in [2.45, 2.75) is 13.0 Å². The second-order valence-electron chi connectivity index (χ2n) is 8.71. The minimum Gasteiger partial charge on any atom is -0.342 e. The fraction of sp³-hybridized carbons (Fsp3) is 0.240. The molecule has 1 aromatic heterocycles. The molecule has 5 nitrogen and oxygen atoms in total. The number of halogens is 2. The number of hydrogen-bond acceptors (Lipinski definition) is 3. The highest BCUT2D eigenvalue weighted by Crippen LogP contribution is 2.52. The van der Waals surface area contributed by atoms with Crippen LogP contribution in [0.4, 0.5) is 0 Å². The van der Waals surface area contributed by atoms with Gasteiger partial charge in [0.2, 0.25) is 0 Å². The molecule has 2 bridgehead atoms. The van der Waals surface area contributed by atoms with Gasteiger partial charge in [0.1, 0.15) is 0 Å². The number of fused-ring (bicyclic) bond motifs is 6. The van der Waals surface area contributed by atoms with E-state index in [0.717, 1.165) is 33.5 Å². The first-order valence-corrected chi connectivity index (χ1v) is 11.4. The first-order chi connectivity index (χ1) is 15.5. The van der Waals surface area contributed by atoms with Gasteiger partial charge < -0.3 is 4.57 Å². The van der Waals surface area contributed by atoms with Gasteiger partial charge in [-0.25, -0.2) is 0 Å². The van der Waals surface area contributed by atoms with Gasteiger partial charge in [-0.05, 0) is 42.0 Å². The number of aromatic nitrogens is 1. The summed E-state index contributed by atoms with van der Waals surface area (Å²) in [5, 5.41) is 7.49. The zero-order valence-corrected chi connectivity index (χ0v) is 18.5. The molecule has 0 unspecified atom stereocenters. The Bertz CT molecular complexity index is 1310. The molecule has 6 rings (SSSR count). The van der Waals surface area contributed by atoms with Crippen LogP contribution in [0.3, 0.4) is 0 Å². The van der Waals surface area contributed by atoms with Crippen molar-refractivity contribution in [1.82, 2.24) is 9.58 Å². The van der Waals surface area contributed by atoms with Crippen LogP contribution in [0.15, 0.2) is 65.9 Å². The van der Waals surface area contributed by atoms with Gasteiger partial charge >= 0.3 is 0 Å². The van der Waals surface area contributed by atoms with E-state index < -0.39 is 0 Å². The third-order valence-corrected chi connectivity index (χ3v) is 7.65. The number of carbonyl (C=O) groups excluding carboxylic acids is 2. The van der Waals surface area contributed by atoms with Crippen LogP contribution in [0.1, 0.15) is 17.5 Å². The second-order valence-corrected chi connectivity index (χ2v) is 9.53. The van der Waals surface area contributed by atoms with Crippen molar-refractivity contribution < 1.29 is 9.59 Å². The number of hydrazone groups is 1. The number of rotatable bonds is 4. The standard InChI is InChI=1S/C25H19Cl2N3O2/c26-19-8-5-14(9-20(19)27)12-29-13-17(18-3-1-2-4-21(18)29)11-28-30-24(31)22-15-6-7-16(10-15)23(22)25(30)32/h1-9,11,13,15-16,22-23H,10,12H2/b28-11-/t15-,16+,22-,23+. The maximum absolute atomic E-state index is 12.9. The molecular formula is C25H19Cl2N3O2. The highest BCUT2D eigenvalue weighted by atomic mass is 35.5. The summed E-state index contributed by atoms with van der Waals surface area (Å²) in [4.78, 5) is 25.8. The van der Waals surface area contributed by atoms with Gasteiger partial charge in [0.15, 0.2) is 0 Å². The Labute approximate surface area is 194 Å². The smallest absolute Gasteiger partial charge is 0.254 e. The van der Waals surface area contributed by atoms with Crippen LogP contribution in [0.25, 0.3) is 10.9 Å². The lowest BCUT2D eigenvalue weighted by atomic mass is 9.85. The number of imide groups is 1. The Morgan fingerprint density at radius 2 is 1.69 bits per heavy atom. The van der Waals surface area contributed by atoms with Crippen molar-refractivity contribution in [3.63, 3.8) is 0 Å². The summed E-state index contributed by atoms with van der Waals surface area (Å²) in [6, 6.07) is 13.6. The third-order valence-electron chi connectivity index (χ3n) is 6.92. The summed E-state index contributed by atoms with van der Waals surface area (Å²) in [6.07, 6.45) is 8.68. The molecule has 7 heteroatoms. The normalized spacial score (nSPS) is 26.2. The van der Waals surface area contributed by atoms with Crippen molar-refractivity contribution in [3.8, 4) is 0 Å². The van der Waals surface area contributed by atoms with Crippen LogP contribution in [-0.4, -0.2) is 27.6 Å². The van der Waals surface area contributed by atoms with Crippen LogP contribution >= 0.6 is 23.2 Å². The van der Waals surface area contributed by atoms with Crippen molar-refractivity contribution in [3.05, 3.63) is 82.0 Å². The molecule has 1 saturated heterocycles. The fourth-order valence-corrected chi connectivity index (χ4v) is 5.78. The van der Waals surface area contributed by atoms with E-state index in [0.29, 0.717) is 16.6 Å². The van der Waals surface area contributed by atoms with Gasteiger partial charge in [0, 0.05) is 29.2 Å². The van der Waals surface area contributed by atoms with Gasteiger partial charge in [0.05, 0.1) is 28.1 Å². The predicted molar refractivity (Wildman–Crippen MR) is 125 cm³/mol. The molecule has 0 N–H and O–H groups in total. The summed E-state index contributed by atoms with van der Waals surface area (Å²) in [6.45, 7) is 0.603. The number of allylic oxidation sites excluding steroid dienone is 2. The van der Waals surface area contributed by atoms with Crippen LogP contribution < -0.4 is 0 Å². The summed E-state index contributed by atoms with van der Waals surface area (Å²) >= 11 is 12.2. The summed E-state index contributed by atoms with van der Waals surface area (Å²) in [5.74, 6) is -0.485. The lowest BCUT2D eigenvalue weighted by Crippen LogP contribution is -2.28. The lowest BCUT2D eigenvalue weighted by molar-refractivity contribution is -0.140. The molecule has 3 aliphatic rings. The Kier molecular flexibility index (Phi) is 4.52. The molecule has 2 aliphatic carbocycles. The summed E-state index contributed by atoms with van der Waals surface area (Å²) < 4.78 is 2.10. The van der Waals surface area contributed by atoms with Crippen LogP contribution in [0.2, 0.25) is 10.0 Å². The van der Waals surface area contributed by atoms with E-state index in [1.807, 2.05) is 42.6 Å². The Hall–Kier alpha value is -2.89. The SMILES string of the molecule is O=C1[C@@H]2[C@H](C(=O)N1/N=C\c1cn(Cc3ccc(Cl)c(Cl)c3)c3ccccc13)[C@@H]1C=C[C@H]2C1. The van der Waals surface area contributed by atoms with Crippen LogP contribution in [0, 0.1) is 23.7 Å². The summed E-state index contributed by atoms with van der Waals surface area (Å²) in [7, 11) is 0. The van der Waals surface area contributed by atoms with Crippen LogP contribution in [-0.2, 0) is 16.1 Å². The minimum atomic E-state index is -0.245. The first-order valence-electron chi connectivity index (χ1n) is 10.6. The van der Waals surface area contributed by atoms with E-state index >= 15 is 0 Å². The van der Waals surface area contributed by atoms with Gasteiger partial charge in [-0.3, -0.25) is 9.59 Å². The van der Waals surface area contributed by atoms with Crippen LogP contribution in [0.5, 0.6) is 0 Å². The molecular weight excluding hydrogens is 445 g/mol. The molecule has 1 saturated carbocycles. The van der Waals surface area contributed by atoms with Crippen molar-refractivity contribution in [2.24, 2.45) is 28.8 Å². The number of amides is 2.